The highest BCUT2D eigenvalue weighted by Gasteiger charge is 2.16. The summed E-state index contributed by atoms with van der Waals surface area (Å²) < 4.78 is 6.64. The fourth-order valence-corrected chi connectivity index (χ4v) is 2.00. The summed E-state index contributed by atoms with van der Waals surface area (Å²) in [6, 6.07) is 11.1. The minimum Gasteiger partial charge on any atom is -0.383 e. The van der Waals surface area contributed by atoms with Crippen LogP contribution in [0.2, 0.25) is 0 Å². The van der Waals surface area contributed by atoms with Crippen LogP contribution in [0.3, 0.4) is 0 Å². The van der Waals surface area contributed by atoms with E-state index in [1.807, 2.05) is 43.3 Å². The van der Waals surface area contributed by atoms with Gasteiger partial charge in [0, 0.05) is 13.2 Å². The summed E-state index contributed by atoms with van der Waals surface area (Å²) in [4.78, 5) is 12.0. The van der Waals surface area contributed by atoms with Gasteiger partial charge in [-0.05, 0) is 12.5 Å². The van der Waals surface area contributed by atoms with Crippen molar-refractivity contribution in [2.24, 2.45) is 5.73 Å². The molecule has 7 heteroatoms. The number of nitrogens with zero attached hydrogens (tertiary/aromatic N) is 2. The maximum Gasteiger partial charge on any atom is 0.244 e. The molecule has 1 aromatic carbocycles. The third kappa shape index (κ3) is 4.84. The molecule has 0 aliphatic heterocycles. The second-order valence-electron chi connectivity index (χ2n) is 4.87. The maximum atomic E-state index is 12.0. The van der Waals surface area contributed by atoms with E-state index < -0.39 is 6.04 Å². The molecule has 1 unspecified atom stereocenters. The van der Waals surface area contributed by atoms with Crippen molar-refractivity contribution in [3.63, 3.8) is 0 Å². The number of nitrogens with one attached hydrogen (secondary N) is 1. The van der Waals surface area contributed by atoms with Crippen LogP contribution in [-0.2, 0) is 16.1 Å². The van der Waals surface area contributed by atoms with Crippen molar-refractivity contribution in [2.45, 2.75) is 19.5 Å². The molecule has 22 heavy (non-hydrogen) atoms. The molecule has 0 spiro atoms. The molecule has 1 heterocycles. The molecule has 0 fully saturated rings. The van der Waals surface area contributed by atoms with Gasteiger partial charge in [-0.25, -0.2) is 4.68 Å². The van der Waals surface area contributed by atoms with E-state index in [1.54, 1.807) is 4.68 Å². The van der Waals surface area contributed by atoms with Crippen molar-refractivity contribution >= 4 is 24.1 Å². The second-order valence-corrected chi connectivity index (χ2v) is 4.87. The number of methoxy groups -OCH3 is 1. The SMILES string of the molecule is COCC(N)C(=O)Nc1cc(C)nn1Cc1ccccc1.Cl. The molecule has 2 aromatic rings. The Hall–Kier alpha value is -1.89. The topological polar surface area (TPSA) is 82.2 Å². The Labute approximate surface area is 136 Å². The van der Waals surface area contributed by atoms with Gasteiger partial charge in [-0.15, -0.1) is 12.4 Å². The first kappa shape index (κ1) is 18.2. The predicted molar refractivity (Wildman–Crippen MR) is 88.2 cm³/mol. The normalized spacial score (nSPS) is 11.6. The zero-order valence-electron chi connectivity index (χ0n) is 12.7. The van der Waals surface area contributed by atoms with Crippen molar-refractivity contribution in [3.05, 3.63) is 47.7 Å². The smallest absolute Gasteiger partial charge is 0.244 e. The van der Waals surface area contributed by atoms with Crippen LogP contribution < -0.4 is 11.1 Å². The van der Waals surface area contributed by atoms with Gasteiger partial charge in [0.15, 0.2) is 0 Å². The van der Waals surface area contributed by atoms with E-state index in [4.69, 9.17) is 10.5 Å². The number of aromatic nitrogens is 2. The van der Waals surface area contributed by atoms with Crippen molar-refractivity contribution in [3.8, 4) is 0 Å². The molecule has 0 saturated heterocycles. The van der Waals surface area contributed by atoms with Crippen LogP contribution in [0.15, 0.2) is 36.4 Å². The van der Waals surface area contributed by atoms with Gasteiger partial charge < -0.3 is 15.8 Å². The van der Waals surface area contributed by atoms with Crippen molar-refractivity contribution in [1.82, 2.24) is 9.78 Å². The lowest BCUT2D eigenvalue weighted by Gasteiger charge is -2.12. The van der Waals surface area contributed by atoms with E-state index in [0.29, 0.717) is 12.4 Å². The molecule has 3 N–H and O–H groups in total. The van der Waals surface area contributed by atoms with E-state index in [1.165, 1.54) is 7.11 Å². The van der Waals surface area contributed by atoms with Gasteiger partial charge in [0.2, 0.25) is 5.91 Å². The highest BCUT2D eigenvalue weighted by molar-refractivity contribution is 5.94. The standard InChI is InChI=1S/C15H20N4O2.ClH/c1-11-8-14(17-15(20)13(16)10-21-2)19(18-11)9-12-6-4-3-5-7-12;/h3-8,13H,9-10,16H2,1-2H3,(H,17,20);1H. The summed E-state index contributed by atoms with van der Waals surface area (Å²) in [5.41, 5.74) is 7.66. The Balaban J connectivity index is 0.00000242. The monoisotopic (exact) mass is 324 g/mol. The second kappa shape index (κ2) is 8.53. The number of amides is 1. The third-order valence-corrected chi connectivity index (χ3v) is 3.01. The fraction of sp³-hybridized carbons (Fsp3) is 0.333. The molecular weight excluding hydrogens is 304 g/mol. The van der Waals surface area contributed by atoms with E-state index in [9.17, 15) is 4.79 Å². The van der Waals surface area contributed by atoms with E-state index >= 15 is 0 Å². The molecule has 0 saturated carbocycles. The van der Waals surface area contributed by atoms with Crippen molar-refractivity contribution < 1.29 is 9.53 Å². The summed E-state index contributed by atoms with van der Waals surface area (Å²) in [6.45, 7) is 2.65. The molecule has 120 valence electrons. The summed E-state index contributed by atoms with van der Waals surface area (Å²) in [6.07, 6.45) is 0. The van der Waals surface area contributed by atoms with Crippen LogP contribution in [0, 0.1) is 6.92 Å². The van der Waals surface area contributed by atoms with Gasteiger partial charge in [0.05, 0.1) is 18.8 Å². The van der Waals surface area contributed by atoms with Gasteiger partial charge in [0.25, 0.3) is 0 Å². The quantitative estimate of drug-likeness (QED) is 0.845. The molecule has 6 nitrogen and oxygen atoms in total. The number of benzene rings is 1. The van der Waals surface area contributed by atoms with Crippen LogP contribution in [0.5, 0.6) is 0 Å². The Morgan fingerprint density at radius 1 is 1.41 bits per heavy atom. The van der Waals surface area contributed by atoms with Crippen LogP contribution in [0.4, 0.5) is 5.82 Å². The maximum absolute atomic E-state index is 12.0. The van der Waals surface area contributed by atoms with Gasteiger partial charge in [0.1, 0.15) is 11.9 Å². The number of hydrogen-bond donors (Lipinski definition) is 2. The van der Waals surface area contributed by atoms with E-state index in [0.717, 1.165) is 11.3 Å². The molecule has 1 amide bonds. The fourth-order valence-electron chi connectivity index (χ4n) is 2.00. The highest BCUT2D eigenvalue weighted by Crippen LogP contribution is 2.13. The Morgan fingerprint density at radius 2 is 2.09 bits per heavy atom. The number of carbonyl (C=O) groups is 1. The van der Waals surface area contributed by atoms with Gasteiger partial charge in [-0.2, -0.15) is 5.10 Å². The number of carbonyl (C=O) groups excluding carboxylic acids is 1. The lowest BCUT2D eigenvalue weighted by atomic mass is 10.2. The zero-order chi connectivity index (χ0) is 15.2. The number of hydrogen-bond acceptors (Lipinski definition) is 4. The first-order chi connectivity index (χ1) is 10.1. The minimum atomic E-state index is -0.699. The lowest BCUT2D eigenvalue weighted by molar-refractivity contribution is -0.118. The average molecular weight is 325 g/mol. The number of halogens is 1. The van der Waals surface area contributed by atoms with Crippen LogP contribution in [0.1, 0.15) is 11.3 Å². The molecular formula is C15H21ClN4O2. The third-order valence-electron chi connectivity index (χ3n) is 3.01. The Kier molecular flexibility index (Phi) is 7.04. The highest BCUT2D eigenvalue weighted by atomic mass is 35.5. The average Bonchev–Trinajstić information content (AvgIpc) is 2.80. The van der Waals surface area contributed by atoms with E-state index in [-0.39, 0.29) is 24.9 Å². The molecule has 0 aliphatic rings. The van der Waals surface area contributed by atoms with Crippen LogP contribution in [0.25, 0.3) is 0 Å². The van der Waals surface area contributed by atoms with Crippen LogP contribution in [-0.4, -0.2) is 35.4 Å². The number of rotatable bonds is 6. The van der Waals surface area contributed by atoms with E-state index in [2.05, 4.69) is 10.4 Å². The molecule has 1 aromatic heterocycles. The summed E-state index contributed by atoms with van der Waals surface area (Å²) in [5.74, 6) is 0.346. The Morgan fingerprint density at radius 3 is 2.73 bits per heavy atom. The van der Waals surface area contributed by atoms with Gasteiger partial charge in [-0.3, -0.25) is 4.79 Å². The largest absolute Gasteiger partial charge is 0.383 e. The first-order valence-corrected chi connectivity index (χ1v) is 6.74. The van der Waals surface area contributed by atoms with Gasteiger partial charge >= 0.3 is 0 Å². The molecule has 0 bridgehead atoms. The number of anilines is 1. The predicted octanol–water partition coefficient (Wildman–Crippen LogP) is 1.57. The van der Waals surface area contributed by atoms with Gasteiger partial charge in [-0.1, -0.05) is 30.3 Å². The molecule has 2 rings (SSSR count). The summed E-state index contributed by atoms with van der Waals surface area (Å²) in [7, 11) is 1.51. The van der Waals surface area contributed by atoms with Crippen molar-refractivity contribution in [2.75, 3.05) is 19.0 Å². The number of nitrogens with two attached hydrogens (primary N) is 1. The zero-order valence-corrected chi connectivity index (χ0v) is 13.5. The van der Waals surface area contributed by atoms with Crippen molar-refractivity contribution in [1.29, 1.82) is 0 Å². The summed E-state index contributed by atoms with van der Waals surface area (Å²) >= 11 is 0. The Bertz CT molecular complexity index is 601. The molecule has 0 radical (unpaired) electrons. The number of aryl methyl sites for hydroxylation is 1. The van der Waals surface area contributed by atoms with Crippen LogP contribution >= 0.6 is 12.4 Å². The lowest BCUT2D eigenvalue weighted by Crippen LogP contribution is -2.39. The first-order valence-electron chi connectivity index (χ1n) is 6.74. The molecule has 0 aliphatic carbocycles. The molecule has 1 atom stereocenters. The number of ether oxygens (including phenoxy) is 1. The minimum absolute atomic E-state index is 0. The summed E-state index contributed by atoms with van der Waals surface area (Å²) in [5, 5.41) is 7.19.